The highest BCUT2D eigenvalue weighted by atomic mass is 32.2. The van der Waals surface area contributed by atoms with E-state index in [-0.39, 0.29) is 18.9 Å². The van der Waals surface area contributed by atoms with Crippen molar-refractivity contribution in [2.24, 2.45) is 11.1 Å². The molecule has 1 spiro atoms. The highest BCUT2D eigenvalue weighted by molar-refractivity contribution is 7.99. The van der Waals surface area contributed by atoms with Gasteiger partial charge in [-0.2, -0.15) is 0 Å². The van der Waals surface area contributed by atoms with Gasteiger partial charge in [-0.25, -0.2) is 9.97 Å². The summed E-state index contributed by atoms with van der Waals surface area (Å²) in [7, 11) is 0. The summed E-state index contributed by atoms with van der Waals surface area (Å²) >= 11 is 1.78. The number of benzene rings is 1. The highest BCUT2D eigenvalue weighted by Crippen LogP contribution is 2.50. The Morgan fingerprint density at radius 1 is 1.14 bits per heavy atom. The van der Waals surface area contributed by atoms with Crippen molar-refractivity contribution in [1.82, 2.24) is 9.97 Å². The number of nitrogens with two attached hydrogens (primary N) is 1. The van der Waals surface area contributed by atoms with E-state index in [1.807, 2.05) is 12.4 Å². The van der Waals surface area contributed by atoms with Crippen LogP contribution in [0, 0.1) is 5.41 Å². The molecule has 28 heavy (non-hydrogen) atoms. The number of nitrogens with zero attached hydrogens (tertiary/aromatic N) is 3. The van der Waals surface area contributed by atoms with Crippen LogP contribution in [0.2, 0.25) is 0 Å². The van der Waals surface area contributed by atoms with E-state index in [4.69, 9.17) is 10.5 Å². The van der Waals surface area contributed by atoms with E-state index in [0.717, 1.165) is 62.8 Å². The zero-order chi connectivity index (χ0) is 18.3. The lowest BCUT2D eigenvalue weighted by molar-refractivity contribution is 0.187. The third-order valence-corrected chi connectivity index (χ3v) is 7.62. The van der Waals surface area contributed by atoms with E-state index in [9.17, 15) is 0 Å². The fourth-order valence-electron chi connectivity index (χ4n) is 4.80. The van der Waals surface area contributed by atoms with Crippen LogP contribution in [0.1, 0.15) is 43.9 Å². The number of anilines is 1. The molecule has 2 fully saturated rings. The van der Waals surface area contributed by atoms with Crippen molar-refractivity contribution in [2.75, 3.05) is 31.2 Å². The molecule has 150 valence electrons. The van der Waals surface area contributed by atoms with Gasteiger partial charge in [-0.15, -0.1) is 0 Å². The van der Waals surface area contributed by atoms with Gasteiger partial charge in [-0.1, -0.05) is 43.5 Å². The topological polar surface area (TPSA) is 64.3 Å². The number of piperidine rings is 1. The predicted octanol–water partition coefficient (Wildman–Crippen LogP) is 3.84. The van der Waals surface area contributed by atoms with Gasteiger partial charge >= 0.3 is 0 Å². The molecule has 3 heterocycles. The second-order valence-corrected chi connectivity index (χ2v) is 9.34. The number of ether oxygens (including phenoxy) is 1. The zero-order valence-corrected chi connectivity index (χ0v) is 16.3. The molecule has 2 aliphatic heterocycles. The highest BCUT2D eigenvalue weighted by Gasteiger charge is 2.45. The molecule has 2 saturated heterocycles. The van der Waals surface area contributed by atoms with Gasteiger partial charge < -0.3 is 15.4 Å². The largest absolute Gasteiger partial charge is 0.380 e. The van der Waals surface area contributed by atoms with Crippen LogP contribution in [0.4, 0.5) is 5.82 Å². The lowest BCUT2D eigenvalue weighted by Gasteiger charge is -2.42. The Bertz CT molecular complexity index is 798. The van der Waals surface area contributed by atoms with Gasteiger partial charge in [0.15, 0.2) is 0 Å². The van der Waals surface area contributed by atoms with Crippen molar-refractivity contribution < 1.29 is 4.74 Å². The second-order valence-electron chi connectivity index (χ2n) is 8.02. The van der Waals surface area contributed by atoms with Crippen molar-refractivity contribution in [3.63, 3.8) is 0 Å². The van der Waals surface area contributed by atoms with Crippen LogP contribution < -0.4 is 10.6 Å². The summed E-state index contributed by atoms with van der Waals surface area (Å²) in [6, 6.07) is 8.85. The van der Waals surface area contributed by atoms with Gasteiger partial charge in [-0.3, -0.25) is 0 Å². The molecule has 1 aromatic carbocycles. The average Bonchev–Trinajstić information content (AvgIpc) is 3.31. The van der Waals surface area contributed by atoms with E-state index < -0.39 is 0 Å². The maximum absolute atomic E-state index is 6.68. The minimum absolute atomic E-state index is 0. The summed E-state index contributed by atoms with van der Waals surface area (Å²) in [6.07, 6.45) is 8.29. The Hall–Kier alpha value is -1.63. The summed E-state index contributed by atoms with van der Waals surface area (Å²) in [6.45, 7) is 3.69. The lowest BCUT2D eigenvalue weighted by atomic mass is 9.73. The van der Waals surface area contributed by atoms with Crippen molar-refractivity contribution in [3.8, 4) is 0 Å². The number of aromatic nitrogens is 2. The molecular weight excluding hydrogens is 368 g/mol. The summed E-state index contributed by atoms with van der Waals surface area (Å²) < 4.78 is 5.44. The Morgan fingerprint density at radius 3 is 2.64 bits per heavy atom. The summed E-state index contributed by atoms with van der Waals surface area (Å²) in [5.74, 6) is 0.987. The Kier molecular flexibility index (Phi) is 5.63. The van der Waals surface area contributed by atoms with Crippen molar-refractivity contribution in [1.29, 1.82) is 0 Å². The average molecular weight is 399 g/mol. The molecule has 0 bridgehead atoms. The molecule has 0 amide bonds. The fourth-order valence-corrected chi connectivity index (χ4v) is 5.74. The Labute approximate surface area is 172 Å². The zero-order valence-electron chi connectivity index (χ0n) is 15.5. The third kappa shape index (κ3) is 3.53. The summed E-state index contributed by atoms with van der Waals surface area (Å²) in [4.78, 5) is 11.7. The molecule has 0 saturated carbocycles. The smallest absolute Gasteiger partial charge is 0.147 e. The summed E-state index contributed by atoms with van der Waals surface area (Å²) in [5, 5.41) is 1.52. The van der Waals surface area contributed by atoms with Crippen LogP contribution in [-0.4, -0.2) is 41.5 Å². The molecule has 1 aromatic heterocycles. The van der Waals surface area contributed by atoms with Crippen LogP contribution in [-0.2, 0) is 11.2 Å². The molecule has 0 unspecified atom stereocenters. The van der Waals surface area contributed by atoms with Crippen molar-refractivity contribution in [2.45, 2.75) is 49.4 Å². The summed E-state index contributed by atoms with van der Waals surface area (Å²) in [5.41, 5.74) is 9.68. The van der Waals surface area contributed by atoms with Crippen LogP contribution in [0.15, 0.2) is 41.7 Å². The molecule has 2 N–H and O–H groups in total. The van der Waals surface area contributed by atoms with Gasteiger partial charge in [0.25, 0.3) is 0 Å². The van der Waals surface area contributed by atoms with Crippen molar-refractivity contribution in [3.05, 3.63) is 47.8 Å². The number of hydrogen-bond donors (Lipinski definition) is 1. The molecule has 2 aromatic rings. The van der Waals surface area contributed by atoms with E-state index in [1.54, 1.807) is 11.8 Å². The normalized spacial score (nSPS) is 25.5. The molecule has 6 heteroatoms. The second kappa shape index (κ2) is 8.01. The van der Waals surface area contributed by atoms with Gasteiger partial charge in [0.2, 0.25) is 0 Å². The molecule has 5 rings (SSSR count). The molecule has 2 atom stereocenters. The first-order valence-electron chi connectivity index (χ1n) is 9.88. The first kappa shape index (κ1) is 19.7. The number of thioether (sulfide) groups is 1. The van der Waals surface area contributed by atoms with E-state index in [1.165, 1.54) is 11.1 Å². The Balaban J connectivity index is 0.00000192. The van der Waals surface area contributed by atoms with Crippen LogP contribution in [0.5, 0.6) is 0 Å². The third-order valence-electron chi connectivity index (χ3n) is 6.47. The first-order valence-corrected chi connectivity index (χ1v) is 10.8. The van der Waals surface area contributed by atoms with Crippen LogP contribution in [0.25, 0.3) is 0 Å². The minimum Gasteiger partial charge on any atom is -0.380 e. The van der Waals surface area contributed by atoms with Gasteiger partial charge in [0.1, 0.15) is 10.8 Å². The molecular formula is C22H30N4OS. The van der Waals surface area contributed by atoms with E-state index in [0.29, 0.717) is 5.25 Å². The minimum atomic E-state index is 0. The van der Waals surface area contributed by atoms with Crippen LogP contribution in [0.3, 0.4) is 0 Å². The quantitative estimate of drug-likeness (QED) is 0.848. The van der Waals surface area contributed by atoms with E-state index >= 15 is 0 Å². The Morgan fingerprint density at radius 2 is 1.96 bits per heavy atom. The number of hydrogen-bond acceptors (Lipinski definition) is 6. The molecule has 3 aliphatic rings. The van der Waals surface area contributed by atoms with Crippen molar-refractivity contribution >= 4 is 17.6 Å². The number of fused-ring (bicyclic) bond motifs is 1. The van der Waals surface area contributed by atoms with Gasteiger partial charge in [0.05, 0.1) is 19.0 Å². The number of rotatable bonds is 3. The predicted molar refractivity (Wildman–Crippen MR) is 115 cm³/mol. The van der Waals surface area contributed by atoms with Gasteiger partial charge in [-0.05, 0) is 42.2 Å². The molecule has 0 radical (unpaired) electrons. The fraction of sp³-hybridized carbons (Fsp3) is 0.545. The molecule has 1 aliphatic carbocycles. The first-order chi connectivity index (χ1) is 13.2. The van der Waals surface area contributed by atoms with E-state index in [2.05, 4.69) is 39.1 Å². The van der Waals surface area contributed by atoms with Gasteiger partial charge in [0, 0.05) is 31.0 Å². The van der Waals surface area contributed by atoms with Crippen LogP contribution >= 0.6 is 11.8 Å². The SMILES string of the molecule is C.N[C@@H]1c2ccccc2CC12CCN(c1cnc(S[C@@H]3CCOC3)cn1)CC2. The standard InChI is InChI=1S/C21H26N4OS.CH4/c22-20-17-4-2-1-3-15(17)11-21(20)6-8-25(9-7-21)18-12-24-19(13-23-18)27-16-5-10-26-14-16;/h1-4,12-13,16,20H,5-11,14,22H2;1H4/t16-,20-;/m1./s1. The maximum atomic E-state index is 6.68. The maximum Gasteiger partial charge on any atom is 0.147 e. The monoisotopic (exact) mass is 398 g/mol. The molecule has 5 nitrogen and oxygen atoms in total. The lowest BCUT2D eigenvalue weighted by Crippen LogP contribution is -2.44.